The highest BCUT2D eigenvalue weighted by molar-refractivity contribution is 5.81. The van der Waals surface area contributed by atoms with Gasteiger partial charge in [-0.1, -0.05) is 0 Å². The van der Waals surface area contributed by atoms with Crippen LogP contribution in [-0.2, 0) is 4.79 Å². The van der Waals surface area contributed by atoms with E-state index in [9.17, 15) is 13.6 Å². The molecule has 5 heteroatoms. The summed E-state index contributed by atoms with van der Waals surface area (Å²) in [6.45, 7) is 1.12. The van der Waals surface area contributed by atoms with Crippen molar-refractivity contribution in [1.82, 2.24) is 10.2 Å². The fraction of sp³-hybridized carbons (Fsp3) is 0.909. The lowest BCUT2D eigenvalue weighted by molar-refractivity contribution is -0.123. The number of likely N-dealkylation sites (tertiary alicyclic amines) is 1. The summed E-state index contributed by atoms with van der Waals surface area (Å²) in [5.41, 5.74) is 0. The second kappa shape index (κ2) is 5.08. The fourth-order valence-corrected chi connectivity index (χ4v) is 2.20. The molecule has 1 unspecified atom stereocenters. The second-order valence-electron chi connectivity index (χ2n) is 4.77. The van der Waals surface area contributed by atoms with E-state index < -0.39 is 6.43 Å². The Bertz CT molecular complexity index is 256. The Morgan fingerprint density at radius 3 is 2.75 bits per heavy atom. The molecule has 2 rings (SSSR count). The third-order valence-electron chi connectivity index (χ3n) is 3.20. The van der Waals surface area contributed by atoms with Gasteiger partial charge in [0.25, 0.3) is 6.43 Å². The van der Waals surface area contributed by atoms with Crippen LogP contribution in [0.5, 0.6) is 0 Å². The lowest BCUT2D eigenvalue weighted by Crippen LogP contribution is -2.49. The molecule has 1 saturated carbocycles. The number of carbonyl (C=O) groups is 1. The van der Waals surface area contributed by atoms with Crippen LogP contribution in [-0.4, -0.2) is 42.9 Å². The monoisotopic (exact) mass is 232 g/mol. The Hall–Kier alpha value is -0.710. The van der Waals surface area contributed by atoms with Crippen molar-refractivity contribution < 1.29 is 13.6 Å². The van der Waals surface area contributed by atoms with Gasteiger partial charge in [0, 0.05) is 18.5 Å². The van der Waals surface area contributed by atoms with E-state index in [4.69, 9.17) is 0 Å². The summed E-state index contributed by atoms with van der Waals surface area (Å²) < 4.78 is 24.4. The summed E-state index contributed by atoms with van der Waals surface area (Å²) in [5.74, 6) is 0.314. The van der Waals surface area contributed by atoms with E-state index in [2.05, 4.69) is 5.32 Å². The van der Waals surface area contributed by atoms with Crippen molar-refractivity contribution in [2.24, 2.45) is 5.92 Å². The molecular weight excluding hydrogens is 214 g/mol. The molecule has 1 atom stereocenters. The molecule has 2 aliphatic rings. The van der Waals surface area contributed by atoms with Crippen LogP contribution in [0.25, 0.3) is 0 Å². The molecule has 1 aliphatic heterocycles. The van der Waals surface area contributed by atoms with Crippen molar-refractivity contribution in [3.8, 4) is 0 Å². The van der Waals surface area contributed by atoms with Gasteiger partial charge in [-0.3, -0.25) is 9.69 Å². The molecule has 92 valence electrons. The molecule has 16 heavy (non-hydrogen) atoms. The van der Waals surface area contributed by atoms with Crippen molar-refractivity contribution in [2.45, 2.75) is 38.2 Å². The number of halogens is 2. The normalized spacial score (nSPS) is 27.1. The van der Waals surface area contributed by atoms with Gasteiger partial charge in [-0.15, -0.1) is 0 Å². The van der Waals surface area contributed by atoms with Crippen molar-refractivity contribution in [1.29, 1.82) is 0 Å². The van der Waals surface area contributed by atoms with E-state index in [0.29, 0.717) is 6.54 Å². The lowest BCUT2D eigenvalue weighted by atomic mass is 10.1. The third kappa shape index (κ3) is 3.40. The number of alkyl halides is 2. The van der Waals surface area contributed by atoms with Crippen molar-refractivity contribution in [3.63, 3.8) is 0 Å². The first-order valence-corrected chi connectivity index (χ1v) is 5.96. The van der Waals surface area contributed by atoms with E-state index in [1.165, 1.54) is 0 Å². The molecule has 1 saturated heterocycles. The van der Waals surface area contributed by atoms with Crippen LogP contribution in [0.3, 0.4) is 0 Å². The zero-order chi connectivity index (χ0) is 11.5. The zero-order valence-electron chi connectivity index (χ0n) is 9.29. The smallest absolute Gasteiger partial charge is 0.251 e. The number of amides is 1. The molecular formula is C11H18F2N2O. The topological polar surface area (TPSA) is 32.3 Å². The van der Waals surface area contributed by atoms with Gasteiger partial charge in [0.05, 0.1) is 6.54 Å². The summed E-state index contributed by atoms with van der Waals surface area (Å²) in [6.07, 6.45) is 1.50. The Kier molecular flexibility index (Phi) is 3.74. The first-order valence-electron chi connectivity index (χ1n) is 5.96. The molecule has 1 amide bonds. The number of nitrogens with one attached hydrogen (secondary N) is 1. The van der Waals surface area contributed by atoms with Gasteiger partial charge in [0.2, 0.25) is 5.91 Å². The van der Waals surface area contributed by atoms with Crippen molar-refractivity contribution in [3.05, 3.63) is 0 Å². The molecule has 0 aromatic rings. The maximum absolute atomic E-state index is 12.2. The number of rotatable bonds is 4. The van der Waals surface area contributed by atoms with Gasteiger partial charge in [0.1, 0.15) is 0 Å². The summed E-state index contributed by atoms with van der Waals surface area (Å²) >= 11 is 0. The van der Waals surface area contributed by atoms with Crippen LogP contribution < -0.4 is 5.32 Å². The first-order chi connectivity index (χ1) is 7.65. The Labute approximate surface area is 94.2 Å². The zero-order valence-corrected chi connectivity index (χ0v) is 9.29. The van der Waals surface area contributed by atoms with Gasteiger partial charge < -0.3 is 5.32 Å². The quantitative estimate of drug-likeness (QED) is 0.791. The highest BCUT2D eigenvalue weighted by Gasteiger charge is 2.32. The highest BCUT2D eigenvalue weighted by Crippen LogP contribution is 2.29. The average Bonchev–Trinajstić information content (AvgIpc) is 2.99. The second-order valence-corrected chi connectivity index (χ2v) is 4.77. The van der Waals surface area contributed by atoms with Crippen LogP contribution in [0.4, 0.5) is 8.78 Å². The van der Waals surface area contributed by atoms with Crippen LogP contribution in [0.1, 0.15) is 25.7 Å². The van der Waals surface area contributed by atoms with Gasteiger partial charge >= 0.3 is 0 Å². The number of hydrogen-bond acceptors (Lipinski definition) is 2. The minimum absolute atomic E-state index is 0.0700. The molecule has 0 radical (unpaired) electrons. The maximum atomic E-state index is 12.2. The van der Waals surface area contributed by atoms with E-state index in [1.807, 2.05) is 0 Å². The molecule has 1 N–H and O–H groups in total. The number of piperidine rings is 1. The minimum atomic E-state index is -2.28. The van der Waals surface area contributed by atoms with Gasteiger partial charge in [-0.05, 0) is 32.2 Å². The predicted octanol–water partition coefficient (Wildman–Crippen LogP) is 1.24. The number of hydrogen-bond donors (Lipinski definition) is 1. The third-order valence-corrected chi connectivity index (χ3v) is 3.20. The molecule has 0 spiro atoms. The van der Waals surface area contributed by atoms with Crippen molar-refractivity contribution >= 4 is 5.91 Å². The van der Waals surface area contributed by atoms with Gasteiger partial charge in [0.15, 0.2) is 0 Å². The van der Waals surface area contributed by atoms with Crippen LogP contribution in [0.15, 0.2) is 0 Å². The maximum Gasteiger partial charge on any atom is 0.251 e. The van der Waals surface area contributed by atoms with E-state index >= 15 is 0 Å². The molecule has 0 bridgehead atoms. The minimum Gasteiger partial charge on any atom is -0.352 e. The summed E-state index contributed by atoms with van der Waals surface area (Å²) in [6, 6.07) is 0.0700. The van der Waals surface area contributed by atoms with Crippen LogP contribution >= 0.6 is 0 Å². The van der Waals surface area contributed by atoms with Gasteiger partial charge in [-0.25, -0.2) is 8.78 Å². The summed E-state index contributed by atoms with van der Waals surface area (Å²) in [5, 5.41) is 2.96. The Morgan fingerprint density at radius 2 is 2.12 bits per heavy atom. The first kappa shape index (κ1) is 11.8. The molecule has 3 nitrogen and oxygen atoms in total. The average molecular weight is 232 g/mol. The fourth-order valence-electron chi connectivity index (χ4n) is 2.20. The molecule has 2 fully saturated rings. The number of nitrogens with zero attached hydrogens (tertiary/aromatic N) is 1. The SMILES string of the molecule is O=C(NC1CCCN(CC(F)F)C1)C1CC1. The standard InChI is InChI=1S/C11H18F2N2O/c12-10(13)7-15-5-1-2-9(6-15)14-11(16)8-3-4-8/h8-10H,1-7H2,(H,14,16). The van der Waals surface area contributed by atoms with Gasteiger partial charge in [-0.2, -0.15) is 0 Å². The van der Waals surface area contributed by atoms with Crippen LogP contribution in [0, 0.1) is 5.92 Å². The summed E-state index contributed by atoms with van der Waals surface area (Å²) in [7, 11) is 0. The largest absolute Gasteiger partial charge is 0.352 e. The molecule has 0 aromatic heterocycles. The van der Waals surface area contributed by atoms with E-state index in [0.717, 1.165) is 32.2 Å². The predicted molar refractivity (Wildman–Crippen MR) is 56.3 cm³/mol. The molecule has 1 heterocycles. The Morgan fingerprint density at radius 1 is 1.38 bits per heavy atom. The molecule has 0 aromatic carbocycles. The van der Waals surface area contributed by atoms with E-state index in [-0.39, 0.29) is 24.4 Å². The van der Waals surface area contributed by atoms with Crippen LogP contribution in [0.2, 0.25) is 0 Å². The lowest BCUT2D eigenvalue weighted by Gasteiger charge is -2.32. The van der Waals surface area contributed by atoms with Crippen molar-refractivity contribution in [2.75, 3.05) is 19.6 Å². The summed E-state index contributed by atoms with van der Waals surface area (Å²) in [4.78, 5) is 13.3. The molecule has 1 aliphatic carbocycles. The Balaban J connectivity index is 1.74. The van der Waals surface area contributed by atoms with E-state index in [1.54, 1.807) is 4.90 Å². The number of carbonyl (C=O) groups excluding carboxylic acids is 1. The highest BCUT2D eigenvalue weighted by atomic mass is 19.3.